The quantitative estimate of drug-likeness (QED) is 0.422. The van der Waals surface area contributed by atoms with E-state index in [1.54, 1.807) is 0 Å². The van der Waals surface area contributed by atoms with Crippen molar-refractivity contribution in [2.24, 2.45) is 34.5 Å². The fourth-order valence-corrected chi connectivity index (χ4v) is 8.74. The number of aliphatic hydroxyl groups excluding tert-OH is 4. The van der Waals surface area contributed by atoms with Crippen molar-refractivity contribution >= 4 is 5.97 Å². The van der Waals surface area contributed by atoms with Crippen LogP contribution in [0, 0.1) is 34.5 Å². The van der Waals surface area contributed by atoms with Gasteiger partial charge in [-0.25, -0.2) is 4.79 Å². The predicted octanol–water partition coefficient (Wildman–Crippen LogP) is 1.67. The van der Waals surface area contributed by atoms with Crippen molar-refractivity contribution < 1.29 is 39.8 Å². The lowest BCUT2D eigenvalue weighted by Crippen LogP contribution is -2.61. The van der Waals surface area contributed by atoms with Gasteiger partial charge in [-0.3, -0.25) is 0 Å². The van der Waals surface area contributed by atoms with Crippen molar-refractivity contribution in [3.8, 4) is 0 Å². The van der Waals surface area contributed by atoms with Crippen LogP contribution < -0.4 is 0 Å². The van der Waals surface area contributed by atoms with E-state index >= 15 is 0 Å². The summed E-state index contributed by atoms with van der Waals surface area (Å²) in [5.74, 6) is 0.987. The summed E-state index contributed by atoms with van der Waals surface area (Å²) in [6.07, 6.45) is 1.15. The topological polar surface area (TPSA) is 137 Å². The van der Waals surface area contributed by atoms with E-state index in [1.165, 1.54) is 12.8 Å². The van der Waals surface area contributed by atoms with Gasteiger partial charge < -0.3 is 35.0 Å². The molecule has 4 saturated carbocycles. The van der Waals surface area contributed by atoms with Gasteiger partial charge >= 0.3 is 5.97 Å². The molecule has 8 heteroatoms. The minimum atomic E-state index is -1.70. The second-order valence-corrected chi connectivity index (χ2v) is 12.1. The Morgan fingerprint density at radius 1 is 0.848 bits per heavy atom. The largest absolute Gasteiger partial charge is 0.479 e. The standard InChI is InChI=1S/C25H40O8/c1-24-9-7-13(26)11-12(24)3-4-14-15-5-6-17(25(15,2)10-8-16(14)24)32-23-20(29)18(27)19(28)21(33-23)22(30)31/h12-21,23,26-29H,3-11H2,1-2H3,(H,30,31)/t12-,13+,14+,15+,16+,17+,18+,19+,20-,21+,23-,24+,25+/m1/s1. The molecule has 0 radical (unpaired) electrons. The Balaban J connectivity index is 1.32. The van der Waals surface area contributed by atoms with Crippen LogP contribution in [0.4, 0.5) is 0 Å². The van der Waals surface area contributed by atoms with Gasteiger partial charge in [-0.2, -0.15) is 0 Å². The van der Waals surface area contributed by atoms with Crippen LogP contribution in [-0.4, -0.2) is 74.4 Å². The summed E-state index contributed by atoms with van der Waals surface area (Å²) in [5, 5.41) is 50.2. The fourth-order valence-electron chi connectivity index (χ4n) is 8.74. The first-order valence-corrected chi connectivity index (χ1v) is 12.8. The van der Waals surface area contributed by atoms with Crippen molar-refractivity contribution in [1.29, 1.82) is 0 Å². The van der Waals surface area contributed by atoms with Gasteiger partial charge in [0.05, 0.1) is 12.2 Å². The van der Waals surface area contributed by atoms with Crippen LogP contribution in [0.1, 0.15) is 71.6 Å². The molecule has 1 aliphatic heterocycles. The summed E-state index contributed by atoms with van der Waals surface area (Å²) in [5.41, 5.74) is 0.196. The monoisotopic (exact) mass is 468 g/mol. The second kappa shape index (κ2) is 8.42. The highest BCUT2D eigenvalue weighted by Crippen LogP contribution is 2.66. The molecule has 0 bridgehead atoms. The Kier molecular flexibility index (Phi) is 6.11. The molecular formula is C25H40O8. The van der Waals surface area contributed by atoms with Gasteiger partial charge in [0.1, 0.15) is 18.3 Å². The van der Waals surface area contributed by atoms with Crippen molar-refractivity contribution in [2.75, 3.05) is 0 Å². The Hall–Kier alpha value is -0.770. The van der Waals surface area contributed by atoms with Crippen LogP contribution >= 0.6 is 0 Å². The number of carboxylic acid groups (broad SMARTS) is 1. The SMILES string of the molecule is C[C@]12CC[C@H](O)C[C@H]1CC[C@@H]1[C@@H]2CC[C@]2(C)[C@@H](O[C@@H]3O[C@H](C(=O)O)[C@@H](O)[C@H](O)[C@H]3O)CC[C@@H]12. The summed E-state index contributed by atoms with van der Waals surface area (Å²) < 4.78 is 11.6. The van der Waals surface area contributed by atoms with Crippen LogP contribution in [0.5, 0.6) is 0 Å². The molecule has 0 amide bonds. The number of hydrogen-bond acceptors (Lipinski definition) is 7. The smallest absolute Gasteiger partial charge is 0.335 e. The third-order valence-electron chi connectivity index (χ3n) is 10.7. The van der Waals surface area contributed by atoms with Gasteiger partial charge in [0, 0.05) is 0 Å². The average molecular weight is 469 g/mol. The minimum absolute atomic E-state index is 0.0959. The van der Waals surface area contributed by atoms with Gasteiger partial charge in [0.2, 0.25) is 0 Å². The molecule has 5 aliphatic rings. The zero-order valence-corrected chi connectivity index (χ0v) is 19.7. The summed E-state index contributed by atoms with van der Waals surface area (Å²) in [6, 6.07) is 0. The number of aliphatic hydroxyl groups is 4. The van der Waals surface area contributed by atoms with E-state index in [2.05, 4.69) is 13.8 Å². The van der Waals surface area contributed by atoms with Crippen LogP contribution in [0.2, 0.25) is 0 Å². The lowest BCUT2D eigenvalue weighted by molar-refractivity contribution is -0.313. The third-order valence-corrected chi connectivity index (χ3v) is 10.7. The molecule has 5 rings (SSSR count). The Morgan fingerprint density at radius 3 is 2.27 bits per heavy atom. The van der Waals surface area contributed by atoms with Crippen molar-refractivity contribution in [3.63, 3.8) is 0 Å². The number of carboxylic acids is 1. The summed E-state index contributed by atoms with van der Waals surface area (Å²) in [6.45, 7) is 4.72. The first kappa shape index (κ1) is 23.9. The maximum absolute atomic E-state index is 11.5. The molecule has 0 unspecified atom stereocenters. The van der Waals surface area contributed by atoms with Gasteiger partial charge in [-0.15, -0.1) is 0 Å². The van der Waals surface area contributed by atoms with Gasteiger partial charge in [-0.1, -0.05) is 13.8 Å². The number of rotatable bonds is 3. The maximum atomic E-state index is 11.5. The molecule has 0 spiro atoms. The molecule has 8 nitrogen and oxygen atoms in total. The van der Waals surface area contributed by atoms with Gasteiger partial charge in [0.25, 0.3) is 0 Å². The summed E-state index contributed by atoms with van der Waals surface area (Å²) >= 11 is 0. The van der Waals surface area contributed by atoms with Crippen LogP contribution in [-0.2, 0) is 14.3 Å². The van der Waals surface area contributed by atoms with E-state index in [9.17, 15) is 30.3 Å². The lowest BCUT2D eigenvalue weighted by Gasteiger charge is -2.61. The zero-order valence-electron chi connectivity index (χ0n) is 19.7. The molecule has 1 heterocycles. The maximum Gasteiger partial charge on any atom is 0.335 e. The molecule has 5 N–H and O–H groups in total. The highest BCUT2D eigenvalue weighted by atomic mass is 16.7. The Labute approximate surface area is 195 Å². The van der Waals surface area contributed by atoms with E-state index in [0.29, 0.717) is 29.1 Å². The molecule has 1 saturated heterocycles. The molecule has 5 fully saturated rings. The molecule has 188 valence electrons. The van der Waals surface area contributed by atoms with Crippen LogP contribution in [0.3, 0.4) is 0 Å². The van der Waals surface area contributed by atoms with Gasteiger partial charge in [0.15, 0.2) is 12.4 Å². The molecule has 0 aromatic carbocycles. The fraction of sp³-hybridized carbons (Fsp3) is 0.960. The molecule has 0 aromatic rings. The molecular weight excluding hydrogens is 428 g/mol. The average Bonchev–Trinajstić information content (AvgIpc) is 3.10. The second-order valence-electron chi connectivity index (χ2n) is 12.1. The summed E-state index contributed by atoms with van der Waals surface area (Å²) in [7, 11) is 0. The van der Waals surface area contributed by atoms with Crippen LogP contribution in [0.15, 0.2) is 0 Å². The van der Waals surface area contributed by atoms with Crippen LogP contribution in [0.25, 0.3) is 0 Å². The van der Waals surface area contributed by atoms with Crippen molar-refractivity contribution in [1.82, 2.24) is 0 Å². The number of carbonyl (C=O) groups is 1. The molecule has 0 aromatic heterocycles. The van der Waals surface area contributed by atoms with Crippen molar-refractivity contribution in [2.45, 2.75) is 115 Å². The molecule has 4 aliphatic carbocycles. The minimum Gasteiger partial charge on any atom is -0.479 e. The van der Waals surface area contributed by atoms with E-state index in [-0.39, 0.29) is 17.6 Å². The predicted molar refractivity (Wildman–Crippen MR) is 117 cm³/mol. The lowest BCUT2D eigenvalue weighted by atomic mass is 9.45. The van der Waals surface area contributed by atoms with E-state index in [0.717, 1.165) is 44.9 Å². The zero-order chi connectivity index (χ0) is 23.7. The first-order valence-electron chi connectivity index (χ1n) is 12.8. The normalized spacial score (nSPS) is 56.5. The molecule has 13 atom stereocenters. The number of aliphatic carboxylic acids is 1. The number of ether oxygens (including phenoxy) is 2. The van der Waals surface area contributed by atoms with Crippen molar-refractivity contribution in [3.05, 3.63) is 0 Å². The first-order chi connectivity index (χ1) is 15.6. The Morgan fingerprint density at radius 2 is 1.55 bits per heavy atom. The number of fused-ring (bicyclic) bond motifs is 5. The Bertz CT molecular complexity index is 761. The number of hydrogen-bond donors (Lipinski definition) is 5. The van der Waals surface area contributed by atoms with Gasteiger partial charge in [-0.05, 0) is 92.3 Å². The third kappa shape index (κ3) is 3.67. The van der Waals surface area contributed by atoms with E-state index in [1.807, 2.05) is 0 Å². The van der Waals surface area contributed by atoms with E-state index < -0.39 is 36.7 Å². The highest BCUT2D eigenvalue weighted by molar-refractivity contribution is 5.73. The summed E-state index contributed by atoms with van der Waals surface area (Å²) in [4.78, 5) is 11.5. The molecule has 33 heavy (non-hydrogen) atoms. The van der Waals surface area contributed by atoms with E-state index in [4.69, 9.17) is 9.47 Å². The highest BCUT2D eigenvalue weighted by Gasteiger charge is 2.61.